The number of rotatable bonds is 5. The summed E-state index contributed by atoms with van der Waals surface area (Å²) >= 11 is 0. The zero-order valence-corrected chi connectivity index (χ0v) is 15.9. The molecule has 6 nitrogen and oxygen atoms in total. The Balaban J connectivity index is 1.67. The van der Waals surface area contributed by atoms with Crippen LogP contribution in [0.3, 0.4) is 0 Å². The fourth-order valence-corrected chi connectivity index (χ4v) is 3.32. The van der Waals surface area contributed by atoms with Crippen LogP contribution in [-0.2, 0) is 11.3 Å². The van der Waals surface area contributed by atoms with Crippen LogP contribution in [0.1, 0.15) is 30.5 Å². The highest BCUT2D eigenvalue weighted by atomic mass is 16.5. The van der Waals surface area contributed by atoms with Crippen molar-refractivity contribution >= 4 is 5.95 Å². The average Bonchev–Trinajstić information content (AvgIpc) is 2.60. The van der Waals surface area contributed by atoms with Crippen molar-refractivity contribution in [3.8, 4) is 5.75 Å². The molecule has 140 valence electrons. The lowest BCUT2D eigenvalue weighted by Gasteiger charge is -2.42. The maximum Gasteiger partial charge on any atom is 0.225 e. The first kappa shape index (κ1) is 18.6. The molecule has 1 fully saturated rings. The number of benzene rings is 1. The van der Waals surface area contributed by atoms with E-state index in [0.29, 0.717) is 31.4 Å². The first-order valence-electron chi connectivity index (χ1n) is 8.91. The van der Waals surface area contributed by atoms with Gasteiger partial charge in [-0.2, -0.15) is 0 Å². The molecule has 26 heavy (non-hydrogen) atoms. The van der Waals surface area contributed by atoms with Crippen LogP contribution in [0, 0.1) is 13.8 Å². The van der Waals surface area contributed by atoms with Gasteiger partial charge in [0, 0.05) is 13.1 Å². The van der Waals surface area contributed by atoms with Gasteiger partial charge in [0.2, 0.25) is 5.95 Å². The van der Waals surface area contributed by atoms with Crippen LogP contribution in [0.4, 0.5) is 5.95 Å². The standard InChI is InChI=1S/C20H27N3O3/c1-14-6-5-7-15(2)18(14)12-25-16-8-21-19(22-9-16)23-10-17(11-24)26-20(3,4)13-23/h5-9,17,24H,10-13H2,1-4H3. The van der Waals surface area contributed by atoms with Crippen LogP contribution in [0.5, 0.6) is 5.75 Å². The summed E-state index contributed by atoms with van der Waals surface area (Å²) in [6, 6.07) is 6.22. The number of nitrogens with zero attached hydrogens (tertiary/aromatic N) is 3. The predicted molar refractivity (Wildman–Crippen MR) is 101 cm³/mol. The van der Waals surface area contributed by atoms with Gasteiger partial charge in [0.15, 0.2) is 5.75 Å². The zero-order chi connectivity index (χ0) is 18.7. The molecular formula is C20H27N3O3. The quantitative estimate of drug-likeness (QED) is 0.887. The molecule has 2 heterocycles. The molecule has 0 saturated carbocycles. The highest BCUT2D eigenvalue weighted by Crippen LogP contribution is 2.24. The normalized spacial score (nSPS) is 19.4. The molecule has 3 rings (SSSR count). The molecular weight excluding hydrogens is 330 g/mol. The minimum atomic E-state index is -0.355. The molecule has 0 bridgehead atoms. The van der Waals surface area contributed by atoms with E-state index in [9.17, 15) is 5.11 Å². The Morgan fingerprint density at radius 2 is 1.88 bits per heavy atom. The van der Waals surface area contributed by atoms with E-state index in [2.05, 4.69) is 42.0 Å². The first-order valence-corrected chi connectivity index (χ1v) is 8.91. The molecule has 1 aromatic carbocycles. The Bertz CT molecular complexity index is 726. The molecule has 1 aromatic heterocycles. The van der Waals surface area contributed by atoms with Crippen molar-refractivity contribution in [3.63, 3.8) is 0 Å². The number of anilines is 1. The molecule has 1 saturated heterocycles. The summed E-state index contributed by atoms with van der Waals surface area (Å²) in [5.41, 5.74) is 3.27. The fraction of sp³-hybridized carbons (Fsp3) is 0.500. The molecule has 1 N–H and O–H groups in total. The summed E-state index contributed by atoms with van der Waals surface area (Å²) in [5.74, 6) is 1.27. The third kappa shape index (κ3) is 4.31. The summed E-state index contributed by atoms with van der Waals surface area (Å²) in [4.78, 5) is 10.9. The maximum absolute atomic E-state index is 9.44. The molecule has 0 amide bonds. The summed E-state index contributed by atoms with van der Waals surface area (Å²) in [5, 5.41) is 9.44. The van der Waals surface area contributed by atoms with Crippen LogP contribution >= 0.6 is 0 Å². The minimum Gasteiger partial charge on any atom is -0.486 e. The smallest absolute Gasteiger partial charge is 0.225 e. The molecule has 1 atom stereocenters. The Hall–Kier alpha value is -2.18. The van der Waals surface area contributed by atoms with Gasteiger partial charge in [0.05, 0.1) is 30.7 Å². The number of hydrogen-bond acceptors (Lipinski definition) is 6. The molecule has 2 aromatic rings. The van der Waals surface area contributed by atoms with E-state index in [4.69, 9.17) is 9.47 Å². The van der Waals surface area contributed by atoms with Gasteiger partial charge in [-0.25, -0.2) is 9.97 Å². The number of hydrogen-bond donors (Lipinski definition) is 1. The van der Waals surface area contributed by atoms with Crippen molar-refractivity contribution in [1.29, 1.82) is 0 Å². The third-order valence-corrected chi connectivity index (χ3v) is 4.61. The van der Waals surface area contributed by atoms with Crippen molar-refractivity contribution in [2.75, 3.05) is 24.6 Å². The van der Waals surface area contributed by atoms with Crippen LogP contribution in [0.2, 0.25) is 0 Å². The van der Waals surface area contributed by atoms with Crippen molar-refractivity contribution in [2.45, 2.75) is 46.0 Å². The van der Waals surface area contributed by atoms with E-state index >= 15 is 0 Å². The first-order chi connectivity index (χ1) is 12.4. The van der Waals surface area contributed by atoms with Gasteiger partial charge in [-0.05, 0) is 44.4 Å². The van der Waals surface area contributed by atoms with Crippen molar-refractivity contribution in [2.24, 2.45) is 0 Å². The second kappa shape index (κ2) is 7.60. The lowest BCUT2D eigenvalue weighted by molar-refractivity contribution is -0.101. The van der Waals surface area contributed by atoms with Gasteiger partial charge in [-0.15, -0.1) is 0 Å². The summed E-state index contributed by atoms with van der Waals surface area (Å²) in [6.07, 6.45) is 3.17. The van der Waals surface area contributed by atoms with Crippen molar-refractivity contribution < 1.29 is 14.6 Å². The van der Waals surface area contributed by atoms with Gasteiger partial charge in [0.1, 0.15) is 6.61 Å². The molecule has 1 aliphatic rings. The van der Waals surface area contributed by atoms with Crippen LogP contribution in [0.25, 0.3) is 0 Å². The summed E-state index contributed by atoms with van der Waals surface area (Å²) in [7, 11) is 0. The van der Waals surface area contributed by atoms with Crippen LogP contribution in [-0.4, -0.2) is 46.5 Å². The Morgan fingerprint density at radius 3 is 2.50 bits per heavy atom. The van der Waals surface area contributed by atoms with Crippen LogP contribution < -0.4 is 9.64 Å². The molecule has 0 radical (unpaired) electrons. The molecule has 1 unspecified atom stereocenters. The largest absolute Gasteiger partial charge is 0.486 e. The van der Waals surface area contributed by atoms with E-state index in [-0.39, 0.29) is 18.3 Å². The number of aliphatic hydroxyl groups excluding tert-OH is 1. The number of ether oxygens (including phenoxy) is 2. The fourth-order valence-electron chi connectivity index (χ4n) is 3.32. The number of morpholine rings is 1. The summed E-state index contributed by atoms with van der Waals surface area (Å²) in [6.45, 7) is 9.91. The predicted octanol–water partition coefficient (Wildman–Crippen LogP) is 2.65. The van der Waals surface area contributed by atoms with E-state index in [1.165, 1.54) is 16.7 Å². The van der Waals surface area contributed by atoms with Gasteiger partial charge in [-0.1, -0.05) is 18.2 Å². The highest BCUT2D eigenvalue weighted by molar-refractivity contribution is 5.35. The number of aromatic nitrogens is 2. The Kier molecular flexibility index (Phi) is 5.44. The van der Waals surface area contributed by atoms with E-state index in [1.807, 2.05) is 18.7 Å². The monoisotopic (exact) mass is 357 g/mol. The van der Waals surface area contributed by atoms with E-state index < -0.39 is 0 Å². The molecule has 6 heteroatoms. The number of aryl methyl sites for hydroxylation is 2. The van der Waals surface area contributed by atoms with E-state index in [0.717, 1.165) is 0 Å². The SMILES string of the molecule is Cc1cccc(C)c1COc1cnc(N2CC(CO)OC(C)(C)C2)nc1. The van der Waals surface area contributed by atoms with Gasteiger partial charge < -0.3 is 19.5 Å². The Labute approximate surface area is 154 Å². The van der Waals surface area contributed by atoms with E-state index in [1.54, 1.807) is 12.4 Å². The van der Waals surface area contributed by atoms with Crippen molar-refractivity contribution in [3.05, 3.63) is 47.3 Å². The molecule has 1 aliphatic heterocycles. The third-order valence-electron chi connectivity index (χ3n) is 4.61. The highest BCUT2D eigenvalue weighted by Gasteiger charge is 2.34. The van der Waals surface area contributed by atoms with Gasteiger partial charge in [-0.3, -0.25) is 0 Å². The average molecular weight is 357 g/mol. The second-order valence-electron chi connectivity index (χ2n) is 7.44. The molecule has 0 spiro atoms. The van der Waals surface area contributed by atoms with Crippen LogP contribution in [0.15, 0.2) is 30.6 Å². The lowest BCUT2D eigenvalue weighted by Crippen LogP contribution is -2.54. The topological polar surface area (TPSA) is 67.7 Å². The summed E-state index contributed by atoms with van der Waals surface area (Å²) < 4.78 is 11.7. The minimum absolute atomic E-state index is 0.0170. The van der Waals surface area contributed by atoms with Gasteiger partial charge in [0.25, 0.3) is 0 Å². The second-order valence-corrected chi connectivity index (χ2v) is 7.44. The zero-order valence-electron chi connectivity index (χ0n) is 15.9. The maximum atomic E-state index is 9.44. The number of aliphatic hydroxyl groups is 1. The Morgan fingerprint density at radius 1 is 1.23 bits per heavy atom. The van der Waals surface area contributed by atoms with Crippen molar-refractivity contribution in [1.82, 2.24) is 9.97 Å². The molecule has 0 aliphatic carbocycles. The van der Waals surface area contributed by atoms with Gasteiger partial charge >= 0.3 is 0 Å². The lowest BCUT2D eigenvalue weighted by atomic mass is 10.0.